The lowest BCUT2D eigenvalue weighted by Gasteiger charge is -2.20. The van der Waals surface area contributed by atoms with E-state index in [1.807, 2.05) is 19.9 Å². The number of phenolic OH excluding ortho intramolecular Hbond substituents is 1. The molecular formula is C14H18O3. The van der Waals surface area contributed by atoms with Gasteiger partial charge in [0.05, 0.1) is 0 Å². The SMILES string of the molecule is CC(=O)OC(c1ccc(O)c(C)c1C)C1CC1. The van der Waals surface area contributed by atoms with E-state index in [1.165, 1.54) is 6.92 Å². The monoisotopic (exact) mass is 234 g/mol. The molecule has 0 heterocycles. The van der Waals surface area contributed by atoms with Crippen molar-refractivity contribution in [2.24, 2.45) is 5.92 Å². The van der Waals surface area contributed by atoms with Crippen molar-refractivity contribution in [3.63, 3.8) is 0 Å². The van der Waals surface area contributed by atoms with E-state index in [2.05, 4.69) is 0 Å². The second-order valence-electron chi connectivity index (χ2n) is 4.79. The first kappa shape index (κ1) is 12.0. The summed E-state index contributed by atoms with van der Waals surface area (Å²) in [5, 5.41) is 9.63. The summed E-state index contributed by atoms with van der Waals surface area (Å²) >= 11 is 0. The maximum absolute atomic E-state index is 11.2. The van der Waals surface area contributed by atoms with Crippen LogP contribution in [0.3, 0.4) is 0 Å². The molecule has 1 saturated carbocycles. The molecule has 3 nitrogen and oxygen atoms in total. The Morgan fingerprint density at radius 1 is 1.35 bits per heavy atom. The predicted octanol–water partition coefficient (Wildman–Crippen LogP) is 3.02. The molecule has 0 aromatic heterocycles. The van der Waals surface area contributed by atoms with Gasteiger partial charge in [-0.05, 0) is 49.4 Å². The molecule has 92 valence electrons. The van der Waals surface area contributed by atoms with Crippen LogP contribution in [0, 0.1) is 19.8 Å². The summed E-state index contributed by atoms with van der Waals surface area (Å²) in [6.45, 7) is 5.28. The van der Waals surface area contributed by atoms with Crippen LogP contribution in [0.2, 0.25) is 0 Å². The Hall–Kier alpha value is -1.51. The standard InChI is InChI=1S/C14H18O3/c1-8-9(2)13(16)7-6-12(8)14(11-4-5-11)17-10(3)15/h6-7,11,14,16H,4-5H2,1-3H3. The molecule has 1 atom stereocenters. The molecule has 17 heavy (non-hydrogen) atoms. The Labute approximate surface area is 101 Å². The van der Waals surface area contributed by atoms with Crippen LogP contribution in [0.25, 0.3) is 0 Å². The summed E-state index contributed by atoms with van der Waals surface area (Å²) in [4.78, 5) is 11.2. The van der Waals surface area contributed by atoms with Gasteiger partial charge >= 0.3 is 5.97 Å². The van der Waals surface area contributed by atoms with Gasteiger partial charge in [0.25, 0.3) is 0 Å². The average Bonchev–Trinajstić information content (AvgIpc) is 3.07. The molecule has 1 unspecified atom stereocenters. The van der Waals surface area contributed by atoms with Crippen molar-refractivity contribution in [2.75, 3.05) is 0 Å². The third-order valence-corrected chi connectivity index (χ3v) is 3.45. The number of aromatic hydroxyl groups is 1. The van der Waals surface area contributed by atoms with Gasteiger partial charge in [-0.2, -0.15) is 0 Å². The molecule has 1 N–H and O–H groups in total. The van der Waals surface area contributed by atoms with Crippen LogP contribution in [-0.4, -0.2) is 11.1 Å². The van der Waals surface area contributed by atoms with Crippen molar-refractivity contribution < 1.29 is 14.6 Å². The Balaban J connectivity index is 2.35. The number of hydrogen-bond acceptors (Lipinski definition) is 3. The fraction of sp³-hybridized carbons (Fsp3) is 0.500. The number of esters is 1. The number of carbonyl (C=O) groups is 1. The predicted molar refractivity (Wildman–Crippen MR) is 64.8 cm³/mol. The molecule has 1 aliphatic carbocycles. The second kappa shape index (κ2) is 4.40. The zero-order valence-corrected chi connectivity index (χ0v) is 10.5. The van der Waals surface area contributed by atoms with Crippen molar-refractivity contribution in [2.45, 2.75) is 39.7 Å². The van der Waals surface area contributed by atoms with Crippen LogP contribution in [0.4, 0.5) is 0 Å². The molecule has 1 aromatic rings. The molecule has 0 spiro atoms. The van der Waals surface area contributed by atoms with Gasteiger partial charge in [0.1, 0.15) is 11.9 Å². The number of rotatable bonds is 3. The first-order chi connectivity index (χ1) is 8.00. The van der Waals surface area contributed by atoms with Crippen molar-refractivity contribution >= 4 is 5.97 Å². The maximum atomic E-state index is 11.2. The topological polar surface area (TPSA) is 46.5 Å². The minimum atomic E-state index is -0.243. The van der Waals surface area contributed by atoms with Gasteiger partial charge in [-0.3, -0.25) is 4.79 Å². The number of phenols is 1. The summed E-state index contributed by atoms with van der Waals surface area (Å²) in [6.07, 6.45) is 2.07. The van der Waals surface area contributed by atoms with Crippen LogP contribution in [0.5, 0.6) is 5.75 Å². The normalized spacial score (nSPS) is 16.6. The molecule has 2 rings (SSSR count). The quantitative estimate of drug-likeness (QED) is 0.818. The minimum Gasteiger partial charge on any atom is -0.508 e. The van der Waals surface area contributed by atoms with Crippen molar-refractivity contribution in [1.29, 1.82) is 0 Å². The van der Waals surface area contributed by atoms with Crippen molar-refractivity contribution in [3.8, 4) is 5.75 Å². The smallest absolute Gasteiger partial charge is 0.303 e. The van der Waals surface area contributed by atoms with E-state index in [9.17, 15) is 9.90 Å². The van der Waals surface area contributed by atoms with Crippen LogP contribution in [-0.2, 0) is 9.53 Å². The van der Waals surface area contributed by atoms with Crippen molar-refractivity contribution in [1.82, 2.24) is 0 Å². The molecule has 1 fully saturated rings. The van der Waals surface area contributed by atoms with Gasteiger partial charge in [-0.1, -0.05) is 6.07 Å². The van der Waals surface area contributed by atoms with Gasteiger partial charge in [0.15, 0.2) is 0 Å². The summed E-state index contributed by atoms with van der Waals surface area (Å²) in [5.41, 5.74) is 2.90. The number of carbonyl (C=O) groups excluding carboxylic acids is 1. The van der Waals surface area contributed by atoms with E-state index in [1.54, 1.807) is 6.07 Å². The number of benzene rings is 1. The van der Waals surface area contributed by atoms with Gasteiger partial charge in [-0.25, -0.2) is 0 Å². The third kappa shape index (κ3) is 2.43. The average molecular weight is 234 g/mol. The zero-order valence-electron chi connectivity index (χ0n) is 10.5. The summed E-state index contributed by atoms with van der Waals surface area (Å²) in [5.74, 6) is 0.497. The van der Waals surface area contributed by atoms with Crippen molar-refractivity contribution in [3.05, 3.63) is 28.8 Å². The highest BCUT2D eigenvalue weighted by atomic mass is 16.5. The molecule has 3 heteroatoms. The molecule has 0 bridgehead atoms. The Bertz CT molecular complexity index is 447. The van der Waals surface area contributed by atoms with E-state index in [0.29, 0.717) is 11.7 Å². The fourth-order valence-corrected chi connectivity index (χ4v) is 2.13. The highest BCUT2D eigenvalue weighted by Crippen LogP contribution is 2.45. The molecule has 1 aromatic carbocycles. The summed E-state index contributed by atoms with van der Waals surface area (Å²) in [7, 11) is 0. The van der Waals surface area contributed by atoms with Crippen LogP contribution >= 0.6 is 0 Å². The van der Waals surface area contributed by atoms with Gasteiger partial charge < -0.3 is 9.84 Å². The minimum absolute atomic E-state index is 0.146. The zero-order chi connectivity index (χ0) is 12.6. The van der Waals surface area contributed by atoms with E-state index < -0.39 is 0 Å². The fourth-order valence-electron chi connectivity index (χ4n) is 2.13. The van der Waals surface area contributed by atoms with E-state index in [4.69, 9.17) is 4.74 Å². The van der Waals surface area contributed by atoms with Crippen LogP contribution in [0.1, 0.15) is 42.6 Å². The first-order valence-electron chi connectivity index (χ1n) is 5.97. The van der Waals surface area contributed by atoms with Crippen LogP contribution < -0.4 is 0 Å². The van der Waals surface area contributed by atoms with Gasteiger partial charge in [0, 0.05) is 12.8 Å². The van der Waals surface area contributed by atoms with E-state index in [-0.39, 0.29) is 12.1 Å². The second-order valence-corrected chi connectivity index (χ2v) is 4.79. The number of hydrogen-bond donors (Lipinski definition) is 1. The molecule has 1 aliphatic rings. The molecule has 0 radical (unpaired) electrons. The molecule has 0 saturated heterocycles. The summed E-state index contributed by atoms with van der Waals surface area (Å²) < 4.78 is 5.42. The lowest BCUT2D eigenvalue weighted by molar-refractivity contribution is -0.147. The Morgan fingerprint density at radius 3 is 2.53 bits per heavy atom. The van der Waals surface area contributed by atoms with Gasteiger partial charge in [-0.15, -0.1) is 0 Å². The largest absolute Gasteiger partial charge is 0.508 e. The molecule has 0 amide bonds. The maximum Gasteiger partial charge on any atom is 0.303 e. The van der Waals surface area contributed by atoms with Gasteiger partial charge in [0.2, 0.25) is 0 Å². The number of ether oxygens (including phenoxy) is 1. The molecular weight excluding hydrogens is 216 g/mol. The molecule has 0 aliphatic heterocycles. The lowest BCUT2D eigenvalue weighted by Crippen LogP contribution is -2.12. The van der Waals surface area contributed by atoms with E-state index >= 15 is 0 Å². The lowest BCUT2D eigenvalue weighted by atomic mass is 9.96. The highest BCUT2D eigenvalue weighted by Gasteiger charge is 2.35. The first-order valence-corrected chi connectivity index (χ1v) is 5.97. The third-order valence-electron chi connectivity index (χ3n) is 3.45. The summed E-state index contributed by atoms with van der Waals surface area (Å²) in [6, 6.07) is 3.54. The van der Waals surface area contributed by atoms with Crippen LogP contribution in [0.15, 0.2) is 12.1 Å². The Kier molecular flexibility index (Phi) is 3.09. The highest BCUT2D eigenvalue weighted by molar-refractivity contribution is 5.66. The van der Waals surface area contributed by atoms with E-state index in [0.717, 1.165) is 29.5 Å². The Morgan fingerprint density at radius 2 is 2.00 bits per heavy atom.